The molecule has 0 atom stereocenters. The molecule has 3 aromatic rings. The lowest BCUT2D eigenvalue weighted by atomic mass is 10.1. The summed E-state index contributed by atoms with van der Waals surface area (Å²) in [6, 6.07) is 12.9. The minimum Gasteiger partial charge on any atom is -0.332 e. The molecule has 2 amide bonds. The minimum atomic E-state index is -0.325. The number of halogens is 3. The molecule has 37 heavy (non-hydrogen) atoms. The van der Waals surface area contributed by atoms with Crippen molar-refractivity contribution in [2.75, 3.05) is 32.7 Å². The van der Waals surface area contributed by atoms with E-state index in [1.165, 1.54) is 18.2 Å². The summed E-state index contributed by atoms with van der Waals surface area (Å²) in [5, 5.41) is 2.70. The monoisotopic (exact) mass is 561 g/mol. The van der Waals surface area contributed by atoms with Crippen molar-refractivity contribution < 1.29 is 14.0 Å². The quantitative estimate of drug-likeness (QED) is 0.293. The summed E-state index contributed by atoms with van der Waals surface area (Å²) >= 11 is 14.0. The molecule has 0 bridgehead atoms. The molecule has 0 aliphatic carbocycles. The van der Waals surface area contributed by atoms with Gasteiger partial charge in [0, 0.05) is 29.5 Å². The van der Waals surface area contributed by atoms with Gasteiger partial charge in [-0.05, 0) is 85.8 Å². The maximum Gasteiger partial charge on any atom is 0.255 e. The molecule has 1 aromatic heterocycles. The molecule has 0 unspecified atom stereocenters. The van der Waals surface area contributed by atoms with Crippen LogP contribution in [0.5, 0.6) is 0 Å². The zero-order valence-corrected chi connectivity index (χ0v) is 23.1. The van der Waals surface area contributed by atoms with Crippen LogP contribution in [0.4, 0.5) is 4.39 Å². The number of hydrogen-bond donors (Lipinski definition) is 0. The van der Waals surface area contributed by atoms with Crippen molar-refractivity contribution in [3.05, 3.63) is 91.3 Å². The van der Waals surface area contributed by atoms with Crippen LogP contribution in [-0.4, -0.2) is 59.2 Å². The highest BCUT2D eigenvalue weighted by molar-refractivity contribution is 7.10. The summed E-state index contributed by atoms with van der Waals surface area (Å²) in [5.41, 5.74) is 2.25. The van der Waals surface area contributed by atoms with Gasteiger partial charge in [0.25, 0.3) is 5.91 Å². The SMILES string of the molecule is Cc1ccsc1CN(Cc1ccc(F)cc1)C(=O)CN(CCN1CCCC1)C(=O)c1ccc(Cl)cc1Cl. The lowest BCUT2D eigenvalue weighted by Crippen LogP contribution is -2.45. The molecule has 0 radical (unpaired) electrons. The fourth-order valence-electron chi connectivity index (χ4n) is 4.40. The number of aryl methyl sites for hydroxylation is 1. The van der Waals surface area contributed by atoms with Crippen LogP contribution in [0.25, 0.3) is 0 Å². The third kappa shape index (κ3) is 7.54. The molecule has 4 rings (SSSR count). The molecule has 1 aliphatic rings. The normalized spacial score (nSPS) is 13.6. The number of likely N-dealkylation sites (tertiary alicyclic amines) is 1. The smallest absolute Gasteiger partial charge is 0.255 e. The Kier molecular flexibility index (Phi) is 9.60. The van der Waals surface area contributed by atoms with E-state index in [1.54, 1.807) is 45.4 Å². The van der Waals surface area contributed by atoms with E-state index in [0.717, 1.165) is 41.9 Å². The second-order valence-corrected chi connectivity index (χ2v) is 11.1. The maximum atomic E-state index is 13.7. The van der Waals surface area contributed by atoms with Crippen LogP contribution >= 0.6 is 34.5 Å². The Labute approximate surface area is 231 Å². The first-order valence-electron chi connectivity index (χ1n) is 12.3. The summed E-state index contributed by atoms with van der Waals surface area (Å²) in [6.07, 6.45) is 2.28. The first kappa shape index (κ1) is 27.6. The van der Waals surface area contributed by atoms with E-state index in [1.807, 2.05) is 18.4 Å². The Hall–Kier alpha value is -2.45. The summed E-state index contributed by atoms with van der Waals surface area (Å²) < 4.78 is 13.5. The van der Waals surface area contributed by atoms with Gasteiger partial charge in [-0.2, -0.15) is 0 Å². The molecule has 0 saturated carbocycles. The lowest BCUT2D eigenvalue weighted by molar-refractivity contribution is -0.133. The van der Waals surface area contributed by atoms with Crippen molar-refractivity contribution in [3.63, 3.8) is 0 Å². The highest BCUT2D eigenvalue weighted by atomic mass is 35.5. The van der Waals surface area contributed by atoms with Gasteiger partial charge in [0.2, 0.25) is 5.91 Å². The van der Waals surface area contributed by atoms with Gasteiger partial charge in [-0.25, -0.2) is 4.39 Å². The second-order valence-electron chi connectivity index (χ2n) is 9.30. The van der Waals surface area contributed by atoms with E-state index in [9.17, 15) is 14.0 Å². The molecule has 196 valence electrons. The van der Waals surface area contributed by atoms with E-state index in [2.05, 4.69) is 4.90 Å². The number of amides is 2. The van der Waals surface area contributed by atoms with Crippen LogP contribution in [0.2, 0.25) is 10.0 Å². The van der Waals surface area contributed by atoms with Crippen molar-refractivity contribution in [1.29, 1.82) is 0 Å². The van der Waals surface area contributed by atoms with Gasteiger partial charge in [0.1, 0.15) is 12.4 Å². The molecular weight excluding hydrogens is 532 g/mol. The first-order chi connectivity index (χ1) is 17.8. The van der Waals surface area contributed by atoms with Crippen LogP contribution in [0.1, 0.15) is 39.2 Å². The van der Waals surface area contributed by atoms with Crippen molar-refractivity contribution in [1.82, 2.24) is 14.7 Å². The Bertz CT molecular complexity index is 1230. The number of thiophene rings is 1. The fraction of sp³-hybridized carbons (Fsp3) is 0.357. The van der Waals surface area contributed by atoms with Gasteiger partial charge >= 0.3 is 0 Å². The predicted molar refractivity (Wildman–Crippen MR) is 148 cm³/mol. The van der Waals surface area contributed by atoms with E-state index < -0.39 is 0 Å². The Morgan fingerprint density at radius 2 is 1.73 bits per heavy atom. The predicted octanol–water partition coefficient (Wildman–Crippen LogP) is 6.27. The Morgan fingerprint density at radius 3 is 2.38 bits per heavy atom. The summed E-state index contributed by atoms with van der Waals surface area (Å²) in [6.45, 7) is 5.73. The highest BCUT2D eigenvalue weighted by Crippen LogP contribution is 2.24. The third-order valence-corrected chi connectivity index (χ3v) is 8.16. The summed E-state index contributed by atoms with van der Waals surface area (Å²) in [4.78, 5) is 34.0. The average Bonchev–Trinajstić information content (AvgIpc) is 3.54. The highest BCUT2D eigenvalue weighted by Gasteiger charge is 2.26. The maximum absolute atomic E-state index is 13.7. The summed E-state index contributed by atoms with van der Waals surface area (Å²) in [5.74, 6) is -0.811. The van der Waals surface area contributed by atoms with Gasteiger partial charge in [0.05, 0.1) is 17.1 Å². The fourth-order valence-corrected chi connectivity index (χ4v) is 5.81. The number of hydrogen-bond acceptors (Lipinski definition) is 4. The van der Waals surface area contributed by atoms with E-state index >= 15 is 0 Å². The van der Waals surface area contributed by atoms with Crippen molar-refractivity contribution in [2.24, 2.45) is 0 Å². The molecular formula is C28H30Cl2FN3O2S. The van der Waals surface area contributed by atoms with Crippen molar-refractivity contribution in [3.8, 4) is 0 Å². The number of carbonyl (C=O) groups excluding carboxylic acids is 2. The van der Waals surface area contributed by atoms with Gasteiger partial charge in [-0.1, -0.05) is 35.3 Å². The topological polar surface area (TPSA) is 43.9 Å². The zero-order valence-electron chi connectivity index (χ0n) is 20.8. The van der Waals surface area contributed by atoms with Gasteiger partial charge in [-0.3, -0.25) is 9.59 Å². The average molecular weight is 563 g/mol. The minimum absolute atomic E-state index is 0.0861. The van der Waals surface area contributed by atoms with Crippen LogP contribution in [0.3, 0.4) is 0 Å². The van der Waals surface area contributed by atoms with E-state index in [0.29, 0.717) is 36.8 Å². The van der Waals surface area contributed by atoms with Crippen LogP contribution in [0, 0.1) is 12.7 Å². The van der Waals surface area contributed by atoms with Crippen LogP contribution < -0.4 is 0 Å². The molecule has 0 N–H and O–H groups in total. The van der Waals surface area contributed by atoms with Gasteiger partial charge in [0.15, 0.2) is 0 Å². The van der Waals surface area contributed by atoms with E-state index in [4.69, 9.17) is 23.2 Å². The second kappa shape index (κ2) is 12.9. The number of rotatable bonds is 10. The van der Waals surface area contributed by atoms with Crippen LogP contribution in [0.15, 0.2) is 53.9 Å². The van der Waals surface area contributed by atoms with Gasteiger partial charge < -0.3 is 14.7 Å². The zero-order chi connectivity index (χ0) is 26.4. The van der Waals surface area contributed by atoms with Crippen LogP contribution in [-0.2, 0) is 17.9 Å². The number of benzene rings is 2. The molecule has 2 aromatic carbocycles. The number of nitrogens with zero attached hydrogens (tertiary/aromatic N) is 3. The van der Waals surface area contributed by atoms with E-state index in [-0.39, 0.29) is 29.2 Å². The molecule has 1 saturated heterocycles. The Morgan fingerprint density at radius 1 is 1.00 bits per heavy atom. The Balaban J connectivity index is 1.56. The standard InChI is InChI=1S/C28H30Cl2FN3O2S/c1-20-10-15-37-26(20)18-34(17-21-4-7-23(31)8-5-21)27(35)19-33(14-13-32-11-2-3-12-32)28(36)24-9-6-22(29)16-25(24)30/h4-10,15-16H,2-3,11-14,17-19H2,1H3. The number of carbonyl (C=O) groups is 2. The largest absolute Gasteiger partial charge is 0.332 e. The van der Waals surface area contributed by atoms with Crippen molar-refractivity contribution >= 4 is 46.4 Å². The molecule has 5 nitrogen and oxygen atoms in total. The molecule has 1 aliphatic heterocycles. The molecule has 9 heteroatoms. The lowest BCUT2D eigenvalue weighted by Gasteiger charge is -2.29. The van der Waals surface area contributed by atoms with Crippen molar-refractivity contribution in [2.45, 2.75) is 32.9 Å². The summed E-state index contributed by atoms with van der Waals surface area (Å²) in [7, 11) is 0. The molecule has 0 spiro atoms. The van der Waals surface area contributed by atoms with Gasteiger partial charge in [-0.15, -0.1) is 11.3 Å². The first-order valence-corrected chi connectivity index (χ1v) is 14.0. The third-order valence-electron chi connectivity index (χ3n) is 6.60. The molecule has 1 fully saturated rings. The molecule has 2 heterocycles.